The van der Waals surface area contributed by atoms with E-state index in [2.05, 4.69) is 30.5 Å². The van der Waals surface area contributed by atoms with Gasteiger partial charge in [-0.3, -0.25) is 0 Å². The third kappa shape index (κ3) is 2.38. The highest BCUT2D eigenvalue weighted by molar-refractivity contribution is 5.82. The number of hydrogen-bond acceptors (Lipinski definition) is 3. The molecule has 0 saturated carbocycles. The van der Waals surface area contributed by atoms with Gasteiger partial charge >= 0.3 is 0 Å². The first-order valence-corrected chi connectivity index (χ1v) is 7.04. The summed E-state index contributed by atoms with van der Waals surface area (Å²) in [5.41, 5.74) is 11.9. The summed E-state index contributed by atoms with van der Waals surface area (Å²) in [5.74, 6) is 0.865. The molecule has 0 aliphatic heterocycles. The first-order chi connectivity index (χ1) is 10.1. The molecule has 4 heteroatoms. The number of nitrogens with two attached hydrogens (primary N) is 1. The predicted molar refractivity (Wildman–Crippen MR) is 86.1 cm³/mol. The Kier molecular flexibility index (Phi) is 3.39. The molecule has 1 aromatic heterocycles. The zero-order valence-electron chi connectivity index (χ0n) is 12.3. The SMILES string of the molecule is Cc1cc2nc(-c3ccc(N)cc3)n(CCO)c2cc1C. The molecular formula is C17H19N3O. The lowest BCUT2D eigenvalue weighted by Gasteiger charge is -2.08. The molecule has 0 atom stereocenters. The molecule has 0 bridgehead atoms. The zero-order chi connectivity index (χ0) is 15.0. The Balaban J connectivity index is 2.25. The maximum Gasteiger partial charge on any atom is 0.141 e. The van der Waals surface area contributed by atoms with Gasteiger partial charge in [-0.25, -0.2) is 4.98 Å². The van der Waals surface area contributed by atoms with Gasteiger partial charge in [-0.15, -0.1) is 0 Å². The van der Waals surface area contributed by atoms with Crippen molar-refractivity contribution >= 4 is 16.7 Å². The molecule has 0 unspecified atom stereocenters. The molecule has 0 saturated heterocycles. The summed E-state index contributed by atoms with van der Waals surface area (Å²) in [6.45, 7) is 4.79. The van der Waals surface area contributed by atoms with Crippen LogP contribution in [0.2, 0.25) is 0 Å². The number of anilines is 1. The minimum atomic E-state index is 0.0837. The fourth-order valence-corrected chi connectivity index (χ4v) is 2.56. The van der Waals surface area contributed by atoms with Gasteiger partial charge in [0.25, 0.3) is 0 Å². The normalized spacial score (nSPS) is 11.2. The monoisotopic (exact) mass is 281 g/mol. The van der Waals surface area contributed by atoms with E-state index in [1.807, 2.05) is 24.3 Å². The molecule has 2 aromatic carbocycles. The maximum atomic E-state index is 9.37. The second kappa shape index (κ2) is 5.22. The number of fused-ring (bicyclic) bond motifs is 1. The van der Waals surface area contributed by atoms with Gasteiger partial charge in [-0.1, -0.05) is 0 Å². The van der Waals surface area contributed by atoms with Crippen LogP contribution in [0.1, 0.15) is 11.1 Å². The molecule has 0 aliphatic carbocycles. The van der Waals surface area contributed by atoms with Gasteiger partial charge in [0.05, 0.1) is 17.6 Å². The van der Waals surface area contributed by atoms with E-state index in [9.17, 15) is 5.11 Å². The van der Waals surface area contributed by atoms with Gasteiger partial charge in [0, 0.05) is 17.8 Å². The highest BCUT2D eigenvalue weighted by Crippen LogP contribution is 2.27. The number of aromatic nitrogens is 2. The Bertz CT molecular complexity index is 788. The summed E-state index contributed by atoms with van der Waals surface area (Å²) < 4.78 is 2.06. The standard InChI is InChI=1S/C17H19N3O/c1-11-9-15-16(10-12(11)2)20(7-8-21)17(19-15)13-3-5-14(18)6-4-13/h3-6,9-10,21H,7-8,18H2,1-2H3. The van der Waals surface area contributed by atoms with Crippen molar-refractivity contribution in [3.8, 4) is 11.4 Å². The Hall–Kier alpha value is -2.33. The van der Waals surface area contributed by atoms with Crippen LogP contribution >= 0.6 is 0 Å². The van der Waals surface area contributed by atoms with Crippen molar-refractivity contribution in [3.05, 3.63) is 47.5 Å². The van der Waals surface area contributed by atoms with Crippen molar-refractivity contribution in [2.24, 2.45) is 0 Å². The van der Waals surface area contributed by atoms with Gasteiger partial charge in [-0.05, 0) is 61.4 Å². The molecule has 3 rings (SSSR count). The van der Waals surface area contributed by atoms with E-state index in [1.165, 1.54) is 11.1 Å². The van der Waals surface area contributed by atoms with Crippen LogP contribution in [0.15, 0.2) is 36.4 Å². The minimum Gasteiger partial charge on any atom is -0.399 e. The molecule has 0 amide bonds. The maximum absolute atomic E-state index is 9.37. The molecule has 0 spiro atoms. The van der Waals surface area contributed by atoms with E-state index >= 15 is 0 Å². The Morgan fingerprint density at radius 3 is 2.43 bits per heavy atom. The van der Waals surface area contributed by atoms with Gasteiger partial charge in [-0.2, -0.15) is 0 Å². The van der Waals surface area contributed by atoms with E-state index in [0.29, 0.717) is 6.54 Å². The van der Waals surface area contributed by atoms with Crippen molar-refractivity contribution in [2.45, 2.75) is 20.4 Å². The Morgan fingerprint density at radius 2 is 1.76 bits per heavy atom. The molecular weight excluding hydrogens is 262 g/mol. The number of rotatable bonds is 3. The van der Waals surface area contributed by atoms with Crippen molar-refractivity contribution < 1.29 is 5.11 Å². The first-order valence-electron chi connectivity index (χ1n) is 7.04. The summed E-state index contributed by atoms with van der Waals surface area (Å²) in [5, 5.41) is 9.37. The van der Waals surface area contributed by atoms with Crippen LogP contribution in [-0.2, 0) is 6.54 Å². The van der Waals surface area contributed by atoms with Crippen LogP contribution in [0.3, 0.4) is 0 Å². The second-order valence-electron chi connectivity index (χ2n) is 5.36. The van der Waals surface area contributed by atoms with Gasteiger partial charge < -0.3 is 15.4 Å². The van der Waals surface area contributed by atoms with Gasteiger partial charge in [0.2, 0.25) is 0 Å². The third-order valence-corrected chi connectivity index (χ3v) is 3.86. The summed E-state index contributed by atoms with van der Waals surface area (Å²) in [6.07, 6.45) is 0. The number of aliphatic hydroxyl groups excluding tert-OH is 1. The van der Waals surface area contributed by atoms with E-state index < -0.39 is 0 Å². The first kappa shape index (κ1) is 13.6. The fourth-order valence-electron chi connectivity index (χ4n) is 2.56. The van der Waals surface area contributed by atoms with E-state index in [-0.39, 0.29) is 6.61 Å². The van der Waals surface area contributed by atoms with Gasteiger partial charge in [0.1, 0.15) is 5.82 Å². The molecule has 108 valence electrons. The number of hydrogen-bond donors (Lipinski definition) is 2. The lowest BCUT2D eigenvalue weighted by atomic mass is 10.1. The largest absolute Gasteiger partial charge is 0.399 e. The lowest BCUT2D eigenvalue weighted by molar-refractivity contribution is 0.278. The predicted octanol–water partition coefficient (Wildman–Crippen LogP) is 2.89. The molecule has 0 aliphatic rings. The Labute approximate surface area is 123 Å². The second-order valence-corrected chi connectivity index (χ2v) is 5.36. The van der Waals surface area contributed by atoms with Crippen LogP contribution in [0.5, 0.6) is 0 Å². The average Bonchev–Trinajstić information content (AvgIpc) is 2.79. The lowest BCUT2D eigenvalue weighted by Crippen LogP contribution is -2.04. The van der Waals surface area contributed by atoms with Crippen LogP contribution < -0.4 is 5.73 Å². The van der Waals surface area contributed by atoms with Crippen molar-refractivity contribution in [1.82, 2.24) is 9.55 Å². The number of nitrogen functional groups attached to an aromatic ring is 1. The molecule has 0 radical (unpaired) electrons. The van der Waals surface area contributed by atoms with Crippen LogP contribution in [0.25, 0.3) is 22.4 Å². The Morgan fingerprint density at radius 1 is 1.10 bits per heavy atom. The highest BCUT2D eigenvalue weighted by Gasteiger charge is 2.13. The molecule has 3 N–H and O–H groups in total. The molecule has 3 aromatic rings. The number of benzene rings is 2. The van der Waals surface area contributed by atoms with E-state index in [0.717, 1.165) is 28.1 Å². The van der Waals surface area contributed by atoms with Crippen LogP contribution in [0.4, 0.5) is 5.69 Å². The summed E-state index contributed by atoms with van der Waals surface area (Å²) in [4.78, 5) is 4.74. The van der Waals surface area contributed by atoms with Crippen molar-refractivity contribution in [2.75, 3.05) is 12.3 Å². The van der Waals surface area contributed by atoms with Crippen LogP contribution in [0, 0.1) is 13.8 Å². The fraction of sp³-hybridized carbons (Fsp3) is 0.235. The zero-order valence-corrected chi connectivity index (χ0v) is 12.3. The summed E-state index contributed by atoms with van der Waals surface area (Å²) in [6, 6.07) is 11.9. The van der Waals surface area contributed by atoms with Crippen LogP contribution in [-0.4, -0.2) is 21.3 Å². The highest BCUT2D eigenvalue weighted by atomic mass is 16.3. The number of aryl methyl sites for hydroxylation is 2. The topological polar surface area (TPSA) is 64.1 Å². The average molecular weight is 281 g/mol. The third-order valence-electron chi connectivity index (χ3n) is 3.86. The summed E-state index contributed by atoms with van der Waals surface area (Å²) >= 11 is 0. The summed E-state index contributed by atoms with van der Waals surface area (Å²) in [7, 11) is 0. The minimum absolute atomic E-state index is 0.0837. The number of imidazole rings is 1. The molecule has 1 heterocycles. The quantitative estimate of drug-likeness (QED) is 0.726. The van der Waals surface area contributed by atoms with Gasteiger partial charge in [0.15, 0.2) is 0 Å². The number of aliphatic hydroxyl groups is 1. The van der Waals surface area contributed by atoms with Crippen molar-refractivity contribution in [1.29, 1.82) is 0 Å². The van der Waals surface area contributed by atoms with E-state index in [4.69, 9.17) is 10.7 Å². The molecule has 21 heavy (non-hydrogen) atoms. The number of nitrogens with zero attached hydrogens (tertiary/aromatic N) is 2. The smallest absolute Gasteiger partial charge is 0.141 e. The van der Waals surface area contributed by atoms with E-state index in [1.54, 1.807) is 0 Å². The van der Waals surface area contributed by atoms with Crippen molar-refractivity contribution in [3.63, 3.8) is 0 Å². The molecule has 4 nitrogen and oxygen atoms in total. The molecule has 0 fully saturated rings.